The van der Waals surface area contributed by atoms with Crippen molar-refractivity contribution in [2.45, 2.75) is 60.0 Å². The Kier molecular flexibility index (Phi) is 7.03. The standard InChI is InChI=1S/C24H29N3O2S2/c1-14(2)29-17-9-6-15(7-10-17)21(28)26-23(30)27-22-19(13-25)18-11-8-16(24(3,4)5)12-20(18)31-22/h6-7,9-10,14,16H,8,11-12H2,1-5H3,(H2,26,27,28,30)/t16-/m0/s1. The molecule has 2 N–H and O–H groups in total. The first-order valence-electron chi connectivity index (χ1n) is 10.5. The van der Waals surface area contributed by atoms with Crippen molar-refractivity contribution in [2.75, 3.05) is 5.32 Å². The van der Waals surface area contributed by atoms with E-state index in [0.29, 0.717) is 27.8 Å². The summed E-state index contributed by atoms with van der Waals surface area (Å²) in [7, 11) is 0. The second-order valence-corrected chi connectivity index (χ2v) is 10.7. The van der Waals surface area contributed by atoms with E-state index in [2.05, 4.69) is 37.5 Å². The molecule has 3 rings (SSSR count). The molecule has 0 radical (unpaired) electrons. The molecule has 0 unspecified atom stereocenters. The summed E-state index contributed by atoms with van der Waals surface area (Å²) in [6.45, 7) is 10.7. The highest BCUT2D eigenvalue weighted by molar-refractivity contribution is 7.80. The fraction of sp³-hybridized carbons (Fsp3) is 0.458. The first-order chi connectivity index (χ1) is 14.6. The summed E-state index contributed by atoms with van der Waals surface area (Å²) in [4.78, 5) is 13.8. The lowest BCUT2D eigenvalue weighted by Gasteiger charge is -2.33. The van der Waals surface area contributed by atoms with E-state index in [9.17, 15) is 10.1 Å². The summed E-state index contributed by atoms with van der Waals surface area (Å²) >= 11 is 6.93. The molecule has 0 spiro atoms. The third-order valence-electron chi connectivity index (χ3n) is 5.54. The molecule has 1 aromatic carbocycles. The van der Waals surface area contributed by atoms with Crippen LogP contribution in [0.4, 0.5) is 5.00 Å². The minimum absolute atomic E-state index is 0.0704. The number of nitrogens with zero attached hydrogens (tertiary/aromatic N) is 1. The van der Waals surface area contributed by atoms with E-state index in [0.717, 1.165) is 24.8 Å². The number of thiocarbonyl (C=S) groups is 1. The predicted molar refractivity (Wildman–Crippen MR) is 130 cm³/mol. The van der Waals surface area contributed by atoms with Crippen molar-refractivity contribution >= 4 is 39.6 Å². The van der Waals surface area contributed by atoms with E-state index >= 15 is 0 Å². The van der Waals surface area contributed by atoms with Gasteiger partial charge in [-0.05, 0) is 86.5 Å². The van der Waals surface area contributed by atoms with Crippen LogP contribution in [0.15, 0.2) is 24.3 Å². The number of amides is 1. The summed E-state index contributed by atoms with van der Waals surface area (Å²) in [6, 6.07) is 9.26. The van der Waals surface area contributed by atoms with Gasteiger partial charge in [0.05, 0.1) is 11.7 Å². The maximum Gasteiger partial charge on any atom is 0.257 e. The topological polar surface area (TPSA) is 74.2 Å². The lowest BCUT2D eigenvalue weighted by atomic mass is 9.72. The smallest absolute Gasteiger partial charge is 0.257 e. The zero-order chi connectivity index (χ0) is 22.8. The first kappa shape index (κ1) is 23.2. The van der Waals surface area contributed by atoms with Gasteiger partial charge < -0.3 is 10.1 Å². The molecule has 1 aromatic heterocycles. The number of nitrogens with one attached hydrogen (secondary N) is 2. The Balaban J connectivity index is 1.68. The van der Waals surface area contributed by atoms with Gasteiger partial charge in [-0.15, -0.1) is 11.3 Å². The normalized spacial score (nSPS) is 15.7. The summed E-state index contributed by atoms with van der Waals surface area (Å²) in [6.07, 6.45) is 3.03. The zero-order valence-corrected chi connectivity index (χ0v) is 20.3. The van der Waals surface area contributed by atoms with Crippen LogP contribution < -0.4 is 15.4 Å². The van der Waals surface area contributed by atoms with Crippen LogP contribution in [-0.2, 0) is 12.8 Å². The van der Waals surface area contributed by atoms with Crippen molar-refractivity contribution in [3.8, 4) is 11.8 Å². The fourth-order valence-electron chi connectivity index (χ4n) is 3.80. The third kappa shape index (κ3) is 5.63. The number of nitriles is 1. The molecule has 0 saturated carbocycles. The van der Waals surface area contributed by atoms with Gasteiger partial charge >= 0.3 is 0 Å². The molecule has 1 aliphatic carbocycles. The van der Waals surface area contributed by atoms with Crippen LogP contribution in [0.1, 0.15) is 67.4 Å². The minimum atomic E-state index is -0.304. The zero-order valence-electron chi connectivity index (χ0n) is 18.7. The van der Waals surface area contributed by atoms with Gasteiger partial charge in [-0.2, -0.15) is 5.26 Å². The van der Waals surface area contributed by atoms with Crippen molar-refractivity contribution < 1.29 is 9.53 Å². The van der Waals surface area contributed by atoms with Gasteiger partial charge in [-0.25, -0.2) is 0 Å². The average molecular weight is 456 g/mol. The Morgan fingerprint density at radius 3 is 2.55 bits per heavy atom. The highest BCUT2D eigenvalue weighted by Gasteiger charge is 2.32. The molecule has 7 heteroatoms. The van der Waals surface area contributed by atoms with Crippen LogP contribution >= 0.6 is 23.6 Å². The molecule has 164 valence electrons. The van der Waals surface area contributed by atoms with Gasteiger partial charge in [-0.3, -0.25) is 10.1 Å². The molecule has 0 fully saturated rings. The number of carbonyl (C=O) groups excluding carboxylic acids is 1. The van der Waals surface area contributed by atoms with Crippen molar-refractivity contribution in [1.82, 2.24) is 5.32 Å². The summed E-state index contributed by atoms with van der Waals surface area (Å²) in [5, 5.41) is 16.4. The molecule has 5 nitrogen and oxygen atoms in total. The number of carbonyl (C=O) groups is 1. The number of ether oxygens (including phenoxy) is 1. The SMILES string of the molecule is CC(C)Oc1ccc(C(=O)NC(=S)Nc2sc3c(c2C#N)CC[C@H](C(C)(C)C)C3)cc1. The Hall–Kier alpha value is -2.43. The summed E-state index contributed by atoms with van der Waals surface area (Å²) in [5.41, 5.74) is 2.50. The van der Waals surface area contributed by atoms with Crippen molar-refractivity contribution in [1.29, 1.82) is 5.26 Å². The van der Waals surface area contributed by atoms with E-state index in [1.807, 2.05) is 13.8 Å². The summed E-state index contributed by atoms with van der Waals surface area (Å²) < 4.78 is 5.60. The van der Waals surface area contributed by atoms with Crippen LogP contribution in [0.2, 0.25) is 0 Å². The second-order valence-electron chi connectivity index (χ2n) is 9.22. The number of benzene rings is 1. The number of fused-ring (bicyclic) bond motifs is 1. The van der Waals surface area contributed by atoms with Crippen LogP contribution in [0.5, 0.6) is 5.75 Å². The van der Waals surface area contributed by atoms with Gasteiger partial charge in [0.25, 0.3) is 5.91 Å². The Bertz CT molecular complexity index is 1010. The maximum absolute atomic E-state index is 12.5. The lowest BCUT2D eigenvalue weighted by Crippen LogP contribution is -2.34. The monoisotopic (exact) mass is 455 g/mol. The number of rotatable bonds is 4. The Morgan fingerprint density at radius 1 is 1.29 bits per heavy atom. The van der Waals surface area contributed by atoms with E-state index < -0.39 is 0 Å². The Morgan fingerprint density at radius 2 is 1.97 bits per heavy atom. The molecule has 2 aromatic rings. The largest absolute Gasteiger partial charge is 0.491 e. The molecule has 31 heavy (non-hydrogen) atoms. The Labute approximate surface area is 193 Å². The van der Waals surface area contributed by atoms with Gasteiger partial charge in [0.1, 0.15) is 16.8 Å². The van der Waals surface area contributed by atoms with Gasteiger partial charge in [0.2, 0.25) is 0 Å². The molecular formula is C24H29N3O2S2. The third-order valence-corrected chi connectivity index (χ3v) is 6.92. The van der Waals surface area contributed by atoms with Crippen molar-refractivity contribution in [3.05, 3.63) is 45.8 Å². The van der Waals surface area contributed by atoms with E-state index in [4.69, 9.17) is 17.0 Å². The second kappa shape index (κ2) is 9.37. The molecule has 1 heterocycles. The number of anilines is 1. The molecule has 1 amide bonds. The van der Waals surface area contributed by atoms with E-state index in [1.54, 1.807) is 35.6 Å². The van der Waals surface area contributed by atoms with Gasteiger partial charge in [0.15, 0.2) is 5.11 Å². The summed E-state index contributed by atoms with van der Waals surface area (Å²) in [5.74, 6) is 0.997. The average Bonchev–Trinajstić information content (AvgIpc) is 3.03. The fourth-order valence-corrected chi connectivity index (χ4v) is 5.34. The highest BCUT2D eigenvalue weighted by atomic mass is 32.1. The van der Waals surface area contributed by atoms with Crippen LogP contribution in [0.3, 0.4) is 0 Å². The quantitative estimate of drug-likeness (QED) is 0.580. The van der Waals surface area contributed by atoms with Crippen molar-refractivity contribution in [3.63, 3.8) is 0 Å². The number of hydrogen-bond donors (Lipinski definition) is 2. The molecular weight excluding hydrogens is 426 g/mol. The lowest BCUT2D eigenvalue weighted by molar-refractivity contribution is 0.0977. The minimum Gasteiger partial charge on any atom is -0.491 e. The number of thiophene rings is 1. The molecule has 1 atom stereocenters. The molecule has 1 aliphatic rings. The predicted octanol–water partition coefficient (Wildman–Crippen LogP) is 5.68. The van der Waals surface area contributed by atoms with E-state index in [1.165, 1.54) is 4.88 Å². The van der Waals surface area contributed by atoms with Crippen LogP contribution in [-0.4, -0.2) is 17.1 Å². The molecule has 0 aliphatic heterocycles. The van der Waals surface area contributed by atoms with Crippen LogP contribution in [0.25, 0.3) is 0 Å². The highest BCUT2D eigenvalue weighted by Crippen LogP contribution is 2.43. The number of hydrogen-bond acceptors (Lipinski definition) is 5. The van der Waals surface area contributed by atoms with Crippen LogP contribution in [0, 0.1) is 22.7 Å². The maximum atomic E-state index is 12.5. The van der Waals surface area contributed by atoms with Crippen molar-refractivity contribution in [2.24, 2.45) is 11.3 Å². The first-order valence-corrected chi connectivity index (χ1v) is 11.7. The van der Waals surface area contributed by atoms with E-state index in [-0.39, 0.29) is 22.5 Å². The van der Waals surface area contributed by atoms with Gasteiger partial charge in [-0.1, -0.05) is 20.8 Å². The van der Waals surface area contributed by atoms with Gasteiger partial charge in [0, 0.05) is 10.4 Å². The molecule has 0 saturated heterocycles. The molecule has 0 bridgehead atoms.